The number of aryl methyl sites for hydroxylation is 2. The van der Waals surface area contributed by atoms with Crippen LogP contribution in [-0.2, 0) is 46.1 Å². The summed E-state index contributed by atoms with van der Waals surface area (Å²) in [5.74, 6) is -0.250. The van der Waals surface area contributed by atoms with Crippen LogP contribution in [0.25, 0.3) is 22.3 Å². The van der Waals surface area contributed by atoms with E-state index in [1.54, 1.807) is 39.3 Å². The van der Waals surface area contributed by atoms with E-state index in [0.29, 0.717) is 24.6 Å². The molecule has 5 aromatic rings. The number of likely N-dealkylation sites (N-methyl/N-ethyl adjacent to an activating group) is 1. The number of nitrogens with two attached hydrogens (primary N) is 1. The number of amides is 1. The highest BCUT2D eigenvalue weighted by Gasteiger charge is 2.46. The number of nitrogen functional groups attached to an aromatic ring is 1. The molecule has 1 aliphatic rings. The number of fused-ring (bicyclic) bond motifs is 2. The van der Waals surface area contributed by atoms with E-state index in [-0.39, 0.29) is 64.4 Å². The van der Waals surface area contributed by atoms with Gasteiger partial charge < -0.3 is 30.8 Å². The highest BCUT2D eigenvalue weighted by atomic mass is 32.2. The van der Waals surface area contributed by atoms with Crippen LogP contribution in [0.3, 0.4) is 0 Å². The second-order valence-corrected chi connectivity index (χ2v) is 13.8. The Kier molecular flexibility index (Phi) is 9.68. The maximum atomic E-state index is 13.1. The molecule has 1 saturated heterocycles. The summed E-state index contributed by atoms with van der Waals surface area (Å²) in [6, 6.07) is 5.88. The first-order chi connectivity index (χ1) is 24.3. The summed E-state index contributed by atoms with van der Waals surface area (Å²) in [5, 5.41) is 16.6. The zero-order valence-electron chi connectivity index (χ0n) is 28.7. The molecule has 20 heteroatoms. The van der Waals surface area contributed by atoms with E-state index >= 15 is 0 Å². The number of aromatic nitrogens is 8. The summed E-state index contributed by atoms with van der Waals surface area (Å²) in [5.41, 5.74) is 6.83. The molecule has 6 rings (SSSR count). The van der Waals surface area contributed by atoms with Crippen LogP contribution in [-0.4, -0.2) is 82.9 Å². The largest absolute Gasteiger partial charge is 0.388 e. The molecule has 5 heterocycles. The van der Waals surface area contributed by atoms with Crippen LogP contribution in [0.15, 0.2) is 45.1 Å². The van der Waals surface area contributed by atoms with Gasteiger partial charge in [0.15, 0.2) is 28.9 Å². The van der Waals surface area contributed by atoms with Crippen LogP contribution in [0.1, 0.15) is 39.7 Å². The van der Waals surface area contributed by atoms with E-state index in [1.165, 1.54) is 39.7 Å². The van der Waals surface area contributed by atoms with Gasteiger partial charge in [0, 0.05) is 51.3 Å². The van der Waals surface area contributed by atoms with E-state index in [2.05, 4.69) is 35.3 Å². The normalized spacial score (nSPS) is 19.3. The molecule has 51 heavy (non-hydrogen) atoms. The second-order valence-electron chi connectivity index (χ2n) is 12.1. The van der Waals surface area contributed by atoms with Crippen molar-refractivity contribution in [3.8, 4) is 0 Å². The molecule has 1 amide bonds. The number of carbonyl (C=O) groups excluding carboxylic acids is 1. The molecule has 1 aliphatic heterocycles. The Hall–Kier alpha value is -5.18. The van der Waals surface area contributed by atoms with E-state index in [4.69, 9.17) is 10.5 Å². The minimum Gasteiger partial charge on any atom is -0.388 e. The van der Waals surface area contributed by atoms with E-state index in [0.717, 1.165) is 4.57 Å². The molecule has 0 aliphatic carbocycles. The van der Waals surface area contributed by atoms with Crippen LogP contribution in [0.5, 0.6) is 0 Å². The van der Waals surface area contributed by atoms with Gasteiger partial charge in [0.1, 0.15) is 23.5 Å². The fourth-order valence-electron chi connectivity index (χ4n) is 6.20. The number of carbonyl (C=O) groups is 1. The maximum Gasteiger partial charge on any atom is 0.332 e. The SMILES string of the molecule is CCNC(=O)[C@@H]1O[C@@H](n2cnc3c(N)nc(Nc4ccc(S(=O)(=O)NCCc5nc6c(c(=O)n(CC)c(=O)n6CC)n5C)cc4)nc32)[C@H](O)[C@@H]1C. The van der Waals surface area contributed by atoms with Gasteiger partial charge in [-0.3, -0.25) is 23.3 Å². The standard InChI is InChI=1S/C31H40N12O7S/c1-6-33-27(45)23-16(4)22(44)29(50-23)43-15-34-20-24(32)38-30(39-25(20)43)36-17-9-11-18(12-10-17)51(48,49)35-14-13-19-37-26-21(40(19)5)28(46)42(8-3)31(47)41(26)7-2/h9-12,15-16,22-23,29,35,44H,6-8,13-14H2,1-5H3,(H,33,45)(H3,32,36,38,39)/t16-,22+,23+,29+/m0/s1. The molecule has 0 spiro atoms. The Morgan fingerprint density at radius 2 is 1.75 bits per heavy atom. The molecule has 4 atom stereocenters. The summed E-state index contributed by atoms with van der Waals surface area (Å²) < 4.78 is 40.5. The summed E-state index contributed by atoms with van der Waals surface area (Å²) in [6.45, 7) is 7.96. The highest BCUT2D eigenvalue weighted by Crippen LogP contribution is 2.36. The minimum absolute atomic E-state index is 0.000759. The molecule has 6 N–H and O–H groups in total. The third-order valence-electron chi connectivity index (χ3n) is 8.95. The van der Waals surface area contributed by atoms with Crippen molar-refractivity contribution in [2.24, 2.45) is 13.0 Å². The highest BCUT2D eigenvalue weighted by molar-refractivity contribution is 7.89. The van der Waals surface area contributed by atoms with Gasteiger partial charge in [0.25, 0.3) is 5.56 Å². The summed E-state index contributed by atoms with van der Waals surface area (Å²) >= 11 is 0. The number of hydrogen-bond donors (Lipinski definition) is 5. The number of imidazole rings is 2. The fourth-order valence-corrected chi connectivity index (χ4v) is 7.23. The van der Waals surface area contributed by atoms with Gasteiger partial charge in [0.05, 0.1) is 11.2 Å². The molecular weight excluding hydrogens is 684 g/mol. The molecule has 272 valence electrons. The average molecular weight is 725 g/mol. The Morgan fingerprint density at radius 3 is 2.41 bits per heavy atom. The van der Waals surface area contributed by atoms with Crippen molar-refractivity contribution < 1.29 is 23.1 Å². The Morgan fingerprint density at radius 1 is 1.04 bits per heavy atom. The fraction of sp³-hybridized carbons (Fsp3) is 0.452. The number of rotatable bonds is 12. The van der Waals surface area contributed by atoms with E-state index < -0.39 is 45.6 Å². The Balaban J connectivity index is 1.16. The van der Waals surface area contributed by atoms with Crippen LogP contribution >= 0.6 is 0 Å². The summed E-state index contributed by atoms with van der Waals surface area (Å²) in [4.78, 5) is 55.8. The third kappa shape index (κ3) is 6.34. The van der Waals surface area contributed by atoms with Crippen molar-refractivity contribution in [1.29, 1.82) is 0 Å². The molecule has 0 unspecified atom stereocenters. The lowest BCUT2D eigenvalue weighted by atomic mass is 10.00. The molecule has 0 saturated carbocycles. The number of hydrogen-bond acceptors (Lipinski definition) is 13. The number of nitrogens with one attached hydrogen (secondary N) is 3. The van der Waals surface area contributed by atoms with E-state index in [1.807, 2.05) is 0 Å². The first kappa shape index (κ1) is 35.6. The van der Waals surface area contributed by atoms with Gasteiger partial charge in [-0.2, -0.15) is 9.97 Å². The lowest BCUT2D eigenvalue weighted by Gasteiger charge is -2.17. The summed E-state index contributed by atoms with van der Waals surface area (Å²) in [7, 11) is -2.27. The molecular formula is C31H40N12O7S. The Labute approximate surface area is 291 Å². The molecule has 4 aromatic heterocycles. The lowest BCUT2D eigenvalue weighted by molar-refractivity contribution is -0.135. The first-order valence-electron chi connectivity index (χ1n) is 16.5. The van der Waals surface area contributed by atoms with Crippen LogP contribution < -0.4 is 32.3 Å². The van der Waals surface area contributed by atoms with Crippen LogP contribution in [0.2, 0.25) is 0 Å². The predicted octanol–water partition coefficient (Wildman–Crippen LogP) is -0.0465. The Bertz CT molecular complexity index is 2350. The predicted molar refractivity (Wildman–Crippen MR) is 187 cm³/mol. The molecule has 0 radical (unpaired) electrons. The number of aliphatic hydroxyl groups excluding tert-OH is 1. The number of nitrogens with zero attached hydrogens (tertiary/aromatic N) is 8. The molecule has 0 bridgehead atoms. The number of sulfonamides is 1. The first-order valence-corrected chi connectivity index (χ1v) is 18.0. The average Bonchev–Trinajstić information content (AvgIpc) is 3.75. The molecule has 19 nitrogen and oxygen atoms in total. The van der Waals surface area contributed by atoms with Gasteiger partial charge >= 0.3 is 5.69 Å². The van der Waals surface area contributed by atoms with E-state index in [9.17, 15) is 27.9 Å². The minimum atomic E-state index is -3.93. The van der Waals surface area contributed by atoms with Crippen molar-refractivity contribution in [2.45, 2.75) is 70.5 Å². The zero-order valence-corrected chi connectivity index (χ0v) is 29.5. The van der Waals surface area contributed by atoms with Gasteiger partial charge in [-0.15, -0.1) is 0 Å². The number of aliphatic hydroxyl groups is 1. The maximum absolute atomic E-state index is 13.1. The lowest BCUT2D eigenvalue weighted by Crippen LogP contribution is -2.39. The van der Waals surface area contributed by atoms with Gasteiger partial charge in [-0.1, -0.05) is 6.92 Å². The number of ether oxygens (including phenoxy) is 1. The van der Waals surface area contributed by atoms with Crippen molar-refractivity contribution in [2.75, 3.05) is 24.1 Å². The smallest absolute Gasteiger partial charge is 0.332 e. The van der Waals surface area contributed by atoms with Crippen molar-refractivity contribution in [3.63, 3.8) is 0 Å². The van der Waals surface area contributed by atoms with Crippen molar-refractivity contribution in [3.05, 3.63) is 57.3 Å². The quantitative estimate of drug-likeness (QED) is 0.113. The van der Waals surface area contributed by atoms with Crippen molar-refractivity contribution in [1.82, 2.24) is 48.2 Å². The van der Waals surface area contributed by atoms with Crippen LogP contribution in [0.4, 0.5) is 17.5 Å². The topological polar surface area (TPSA) is 248 Å². The monoisotopic (exact) mass is 724 g/mol. The third-order valence-corrected chi connectivity index (χ3v) is 10.4. The molecule has 1 aromatic carbocycles. The van der Waals surface area contributed by atoms with Crippen molar-refractivity contribution >= 4 is 55.7 Å². The van der Waals surface area contributed by atoms with Crippen LogP contribution in [0, 0.1) is 5.92 Å². The van der Waals surface area contributed by atoms with Gasteiger partial charge in [-0.05, 0) is 45.0 Å². The van der Waals surface area contributed by atoms with Gasteiger partial charge in [0.2, 0.25) is 21.9 Å². The van der Waals surface area contributed by atoms with Gasteiger partial charge in [-0.25, -0.2) is 27.9 Å². The summed E-state index contributed by atoms with van der Waals surface area (Å²) in [6.07, 6.45) is -1.29. The second kappa shape index (κ2) is 13.9. The zero-order chi connectivity index (χ0) is 36.8. The molecule has 1 fully saturated rings. The number of benzene rings is 1. The number of anilines is 3.